The predicted octanol–water partition coefficient (Wildman–Crippen LogP) is 9.68. The number of hydrogen-bond donors (Lipinski definition) is 2. The number of piperidine rings is 2. The number of nitrogens with one attached hydrogen (secondary N) is 2. The maximum Gasteiger partial charge on any atom is 0.255 e. The zero-order valence-electron chi connectivity index (χ0n) is 43.2. The number of azo groups is 1. The van der Waals surface area contributed by atoms with Crippen LogP contribution in [0.5, 0.6) is 5.75 Å². The van der Waals surface area contributed by atoms with Gasteiger partial charge < -0.3 is 19.9 Å². The van der Waals surface area contributed by atoms with Crippen LogP contribution >= 0.6 is 11.6 Å². The number of fused-ring (bicyclic) bond motifs is 1. The Morgan fingerprint density at radius 2 is 1.62 bits per heavy atom. The largest absolute Gasteiger partial charge is 0.485 e. The Morgan fingerprint density at radius 3 is 2.26 bits per heavy atom. The summed E-state index contributed by atoms with van der Waals surface area (Å²) in [4.78, 5) is 83.1. The fourth-order valence-electron chi connectivity index (χ4n) is 10.2. The third-order valence-electron chi connectivity index (χ3n) is 14.4. The SMILES string of the molecule is Cc1ccc([C@@H]2[C@@H](c3cccc(Cl)c3)C[C@](C)(CC(=O)NCCCC(=O)COc3c(C)cc(N=Nc4cccc5c4CN(C4CCC(=O)NC4=O)C5=O)cc3C)C(=O)N2[C@H](CS(=O)(=O)C(C)(C)C)C(C)C)cc1. The molecule has 0 aliphatic carbocycles. The van der Waals surface area contributed by atoms with Crippen LogP contribution < -0.4 is 15.4 Å². The van der Waals surface area contributed by atoms with Crippen LogP contribution in [0.25, 0.3) is 0 Å². The zero-order valence-corrected chi connectivity index (χ0v) is 44.8. The molecule has 15 nitrogen and oxygen atoms in total. The van der Waals surface area contributed by atoms with Crippen LogP contribution in [0.4, 0.5) is 11.4 Å². The Morgan fingerprint density at radius 1 is 0.932 bits per heavy atom. The van der Waals surface area contributed by atoms with Gasteiger partial charge in [0.25, 0.3) is 5.91 Å². The lowest BCUT2D eigenvalue weighted by Gasteiger charge is -2.53. The van der Waals surface area contributed by atoms with Gasteiger partial charge in [-0.05, 0) is 125 Å². The van der Waals surface area contributed by atoms with Gasteiger partial charge in [0.1, 0.15) is 18.4 Å². The summed E-state index contributed by atoms with van der Waals surface area (Å²) in [6.07, 6.45) is 1.02. The van der Waals surface area contributed by atoms with Crippen LogP contribution in [-0.4, -0.2) is 89.3 Å². The second-order valence-corrected chi connectivity index (χ2v) is 24.7. The topological polar surface area (TPSA) is 201 Å². The normalized spacial score (nSPS) is 20.9. The van der Waals surface area contributed by atoms with Crippen LogP contribution in [0.3, 0.4) is 0 Å². The number of nitrogens with zero attached hydrogens (tertiary/aromatic N) is 4. The Labute approximate surface area is 433 Å². The first-order valence-electron chi connectivity index (χ1n) is 24.9. The lowest BCUT2D eigenvalue weighted by Crippen LogP contribution is -2.59. The number of ketones is 1. The molecule has 2 fully saturated rings. The molecule has 388 valence electrons. The van der Waals surface area contributed by atoms with Crippen LogP contribution in [0.15, 0.2) is 89.1 Å². The number of amides is 5. The molecular weight excluding hydrogens is 968 g/mol. The molecule has 7 rings (SSSR count). The number of imide groups is 1. The fraction of sp³-hybridized carbons (Fsp3) is 0.464. The molecule has 0 saturated carbocycles. The van der Waals surface area contributed by atoms with Gasteiger partial charge in [0.15, 0.2) is 15.6 Å². The van der Waals surface area contributed by atoms with Gasteiger partial charge in [-0.2, -0.15) is 10.2 Å². The number of sulfone groups is 1. The van der Waals surface area contributed by atoms with Gasteiger partial charge >= 0.3 is 0 Å². The molecule has 5 amide bonds. The second-order valence-electron chi connectivity index (χ2n) is 21.5. The Bertz CT molecular complexity index is 2930. The maximum absolute atomic E-state index is 15.3. The van der Waals surface area contributed by atoms with Crippen molar-refractivity contribution in [2.75, 3.05) is 18.9 Å². The van der Waals surface area contributed by atoms with Gasteiger partial charge in [0, 0.05) is 60.5 Å². The summed E-state index contributed by atoms with van der Waals surface area (Å²) >= 11 is 6.60. The molecule has 4 aromatic rings. The number of carbonyl (C=O) groups excluding carboxylic acids is 6. The number of carbonyl (C=O) groups is 6. The van der Waals surface area contributed by atoms with Gasteiger partial charge in [0.2, 0.25) is 23.6 Å². The Balaban J connectivity index is 0.983. The van der Waals surface area contributed by atoms with Crippen LogP contribution in [-0.2, 0) is 40.4 Å². The second kappa shape index (κ2) is 22.1. The standard InChI is InChI=1S/C56H67ClN6O9S/c1-33(2)47(32-73(70,71)55(6,7)8)63-50(37-20-18-34(3)19-21-37)43(38-13-10-14-39(57)27-38)28-56(9,54(63)69)29-49(66)58-24-12-15-41(64)31-72-51-35(4)25-40(26-36(51)5)60-61-45-17-11-16-42-44(45)30-62(53(42)68)46-22-23-48(65)59-52(46)67/h10-11,13-14,16-21,25-27,33,43,46-47,50H,12,15,22-24,28-32H2,1-9H3,(H,58,66)(H,59,65,67)/t43-,46?,47-,50-,56-/m1/s1. The number of hydrogen-bond acceptors (Lipinski definition) is 11. The molecule has 0 bridgehead atoms. The first kappa shape index (κ1) is 54.5. The minimum absolute atomic E-state index is 0.132. The number of likely N-dealkylation sites (tertiary alicyclic amines) is 1. The van der Waals surface area contributed by atoms with Crippen molar-refractivity contribution in [2.24, 2.45) is 21.6 Å². The average molecular weight is 1040 g/mol. The van der Waals surface area contributed by atoms with E-state index in [1.54, 1.807) is 69.0 Å². The van der Waals surface area contributed by atoms with Crippen LogP contribution in [0, 0.1) is 32.1 Å². The summed E-state index contributed by atoms with van der Waals surface area (Å²) in [7, 11) is -3.71. The van der Waals surface area contributed by atoms with E-state index in [0.29, 0.717) is 46.1 Å². The number of halogens is 1. The summed E-state index contributed by atoms with van der Waals surface area (Å²) in [5.74, 6) is -2.28. The van der Waals surface area contributed by atoms with E-state index in [-0.39, 0.29) is 92.4 Å². The van der Waals surface area contributed by atoms with Gasteiger partial charge in [-0.25, -0.2) is 8.42 Å². The lowest BCUT2D eigenvalue weighted by molar-refractivity contribution is -0.158. The molecule has 73 heavy (non-hydrogen) atoms. The van der Waals surface area contributed by atoms with Crippen molar-refractivity contribution < 1.29 is 41.9 Å². The highest BCUT2D eigenvalue weighted by Crippen LogP contribution is 2.53. The minimum Gasteiger partial charge on any atom is -0.485 e. The monoisotopic (exact) mass is 1030 g/mol. The summed E-state index contributed by atoms with van der Waals surface area (Å²) in [5, 5.41) is 14.7. The third kappa shape index (κ3) is 12.2. The summed E-state index contributed by atoms with van der Waals surface area (Å²) < 4.78 is 32.9. The third-order valence-corrected chi connectivity index (χ3v) is 17.3. The molecule has 5 atom stereocenters. The lowest BCUT2D eigenvalue weighted by atomic mass is 9.66. The molecule has 2 saturated heterocycles. The van der Waals surface area contributed by atoms with E-state index >= 15 is 4.79 Å². The predicted molar refractivity (Wildman–Crippen MR) is 280 cm³/mol. The van der Waals surface area contributed by atoms with Crippen molar-refractivity contribution in [1.29, 1.82) is 0 Å². The minimum atomic E-state index is -3.71. The molecule has 0 spiro atoms. The van der Waals surface area contributed by atoms with Gasteiger partial charge in [-0.3, -0.25) is 34.1 Å². The first-order valence-corrected chi connectivity index (χ1v) is 27.0. The number of aryl methyl sites for hydroxylation is 3. The van der Waals surface area contributed by atoms with Gasteiger partial charge in [-0.1, -0.05) is 80.4 Å². The van der Waals surface area contributed by atoms with E-state index in [1.807, 2.05) is 77.1 Å². The highest BCUT2D eigenvalue weighted by Gasteiger charge is 2.54. The first-order chi connectivity index (χ1) is 34.4. The molecule has 3 aliphatic heterocycles. The molecular formula is C56H67ClN6O9S. The van der Waals surface area contributed by atoms with Crippen molar-refractivity contribution in [1.82, 2.24) is 20.4 Å². The maximum atomic E-state index is 15.3. The van der Waals surface area contributed by atoms with Gasteiger partial charge in [-0.15, -0.1) is 0 Å². The van der Waals surface area contributed by atoms with Crippen molar-refractivity contribution in [3.05, 3.63) is 123 Å². The molecule has 1 unspecified atom stereocenters. The number of Topliss-reactive ketones (excluding diaryl/α,β-unsaturated/α-hetero) is 1. The molecule has 2 N–H and O–H groups in total. The molecule has 4 aromatic carbocycles. The van der Waals surface area contributed by atoms with Crippen molar-refractivity contribution >= 4 is 68.1 Å². The van der Waals surface area contributed by atoms with Crippen molar-refractivity contribution in [3.63, 3.8) is 0 Å². The molecule has 3 aliphatic rings. The van der Waals surface area contributed by atoms with E-state index < -0.39 is 44.0 Å². The van der Waals surface area contributed by atoms with Crippen LogP contribution in [0.2, 0.25) is 5.02 Å². The smallest absolute Gasteiger partial charge is 0.255 e. The molecule has 0 radical (unpaired) electrons. The quantitative estimate of drug-likeness (QED) is 0.0553. The van der Waals surface area contributed by atoms with E-state index in [2.05, 4.69) is 20.9 Å². The van der Waals surface area contributed by atoms with Gasteiger partial charge in [0.05, 0.1) is 33.3 Å². The van der Waals surface area contributed by atoms with Crippen molar-refractivity contribution in [3.8, 4) is 5.75 Å². The van der Waals surface area contributed by atoms with Crippen molar-refractivity contribution in [2.45, 2.75) is 136 Å². The van der Waals surface area contributed by atoms with E-state index in [1.165, 1.54) is 4.90 Å². The van der Waals surface area contributed by atoms with E-state index in [4.69, 9.17) is 16.3 Å². The Hall–Kier alpha value is -6.26. The van der Waals surface area contributed by atoms with Crippen LogP contribution in [0.1, 0.15) is 136 Å². The molecule has 0 aromatic heterocycles. The Kier molecular flexibility index (Phi) is 16.5. The summed E-state index contributed by atoms with van der Waals surface area (Å²) in [6, 6.07) is 22.2. The fourth-order valence-corrected chi connectivity index (χ4v) is 11.9. The average Bonchev–Trinajstić information content (AvgIpc) is 3.65. The molecule has 17 heteroatoms. The number of benzene rings is 4. The van der Waals surface area contributed by atoms with E-state index in [0.717, 1.165) is 27.8 Å². The highest BCUT2D eigenvalue weighted by atomic mass is 35.5. The number of ether oxygens (including phenoxy) is 1. The highest BCUT2D eigenvalue weighted by molar-refractivity contribution is 7.92. The van der Waals surface area contributed by atoms with E-state index in [9.17, 15) is 32.4 Å². The summed E-state index contributed by atoms with van der Waals surface area (Å²) in [5.41, 5.74) is 5.11. The number of rotatable bonds is 18. The zero-order chi connectivity index (χ0) is 53.2. The molecule has 3 heterocycles. The summed E-state index contributed by atoms with van der Waals surface area (Å²) in [6.45, 7) is 16.5.